The molecule has 2 fully saturated rings. The smallest absolute Gasteiger partial charge is 0.407 e. The fourth-order valence-electron chi connectivity index (χ4n) is 3.54. The number of nitrogens with one attached hydrogen (secondary N) is 2. The Morgan fingerprint density at radius 3 is 2.79 bits per heavy atom. The maximum Gasteiger partial charge on any atom is 0.407 e. The van der Waals surface area contributed by atoms with Gasteiger partial charge in [-0.25, -0.2) is 4.79 Å². The Morgan fingerprint density at radius 2 is 2.14 bits per heavy atom. The molecule has 0 spiro atoms. The molecule has 29 heavy (non-hydrogen) atoms. The van der Waals surface area contributed by atoms with Gasteiger partial charge in [0.2, 0.25) is 0 Å². The molecular weight excluding hydrogens is 390 g/mol. The van der Waals surface area contributed by atoms with Crippen LogP contribution in [-0.2, 0) is 9.53 Å². The number of hydrogen-bond acceptors (Lipinski definition) is 6. The van der Waals surface area contributed by atoms with Crippen LogP contribution in [0.15, 0.2) is 23.1 Å². The van der Waals surface area contributed by atoms with E-state index in [1.165, 1.54) is 0 Å². The molecule has 1 atom stereocenters. The average Bonchev–Trinajstić information content (AvgIpc) is 3.18. The Morgan fingerprint density at radius 1 is 1.38 bits per heavy atom. The highest BCUT2D eigenvalue weighted by molar-refractivity contribution is 8.18. The molecule has 156 valence electrons. The van der Waals surface area contributed by atoms with Gasteiger partial charge in [0.05, 0.1) is 4.91 Å². The van der Waals surface area contributed by atoms with Crippen molar-refractivity contribution in [1.29, 1.82) is 0 Å². The predicted octanol–water partition coefficient (Wildman–Crippen LogP) is 3.67. The summed E-state index contributed by atoms with van der Waals surface area (Å²) < 4.78 is 5.30. The molecule has 7 nitrogen and oxygen atoms in total. The SMILES string of the molecule is Cc1cccc(/C=C2\SC(=O)NC2=O)c1N1CC[C@H](CNC(=O)OC(C)(C)C)C1. The van der Waals surface area contributed by atoms with Gasteiger partial charge in [-0.3, -0.25) is 14.9 Å². The van der Waals surface area contributed by atoms with Crippen molar-refractivity contribution in [3.05, 3.63) is 34.2 Å². The van der Waals surface area contributed by atoms with Gasteiger partial charge in [-0.05, 0) is 69.0 Å². The molecule has 3 rings (SSSR count). The molecule has 8 heteroatoms. The van der Waals surface area contributed by atoms with Crippen molar-refractivity contribution >= 4 is 40.8 Å². The van der Waals surface area contributed by atoms with E-state index in [4.69, 9.17) is 4.74 Å². The number of thioether (sulfide) groups is 1. The number of aryl methyl sites for hydroxylation is 1. The number of anilines is 1. The normalized spacial score (nSPS) is 20.9. The van der Waals surface area contributed by atoms with Crippen molar-refractivity contribution in [1.82, 2.24) is 10.6 Å². The Bertz CT molecular complexity index is 860. The topological polar surface area (TPSA) is 87.7 Å². The molecular formula is C21H27N3O4S. The lowest BCUT2D eigenvalue weighted by molar-refractivity contribution is -0.115. The number of nitrogens with zero attached hydrogens (tertiary/aromatic N) is 1. The molecule has 2 heterocycles. The first-order chi connectivity index (χ1) is 13.6. The zero-order chi connectivity index (χ0) is 21.2. The molecule has 0 radical (unpaired) electrons. The molecule has 1 aromatic rings. The Labute approximate surface area is 175 Å². The summed E-state index contributed by atoms with van der Waals surface area (Å²) in [7, 11) is 0. The number of carbonyl (C=O) groups excluding carboxylic acids is 3. The van der Waals surface area contributed by atoms with Crippen LogP contribution >= 0.6 is 11.8 Å². The fourth-order valence-corrected chi connectivity index (χ4v) is 4.21. The summed E-state index contributed by atoms with van der Waals surface area (Å²) in [6.07, 6.45) is 2.33. The highest BCUT2D eigenvalue weighted by atomic mass is 32.2. The molecule has 0 aromatic heterocycles. The Kier molecular flexibility index (Phi) is 6.21. The number of rotatable bonds is 4. The first-order valence-corrected chi connectivity index (χ1v) is 10.5. The number of alkyl carbamates (subject to hydrolysis) is 1. The molecule has 0 aliphatic carbocycles. The van der Waals surface area contributed by atoms with Gasteiger partial charge in [0, 0.05) is 25.3 Å². The lowest BCUT2D eigenvalue weighted by Crippen LogP contribution is -2.36. The third kappa shape index (κ3) is 5.53. The van der Waals surface area contributed by atoms with E-state index in [-0.39, 0.29) is 11.1 Å². The molecule has 2 aliphatic heterocycles. The van der Waals surface area contributed by atoms with Crippen LogP contribution in [0.25, 0.3) is 6.08 Å². The van der Waals surface area contributed by atoms with E-state index < -0.39 is 11.7 Å². The monoisotopic (exact) mass is 417 g/mol. The maximum atomic E-state index is 11.9. The van der Waals surface area contributed by atoms with Crippen LogP contribution < -0.4 is 15.5 Å². The minimum absolute atomic E-state index is 0.313. The lowest BCUT2D eigenvalue weighted by atomic mass is 10.1. The van der Waals surface area contributed by atoms with Crippen molar-refractivity contribution < 1.29 is 19.1 Å². The number of amides is 3. The summed E-state index contributed by atoms with van der Waals surface area (Å²) in [6.45, 7) is 9.78. The number of carbonyl (C=O) groups is 3. The quantitative estimate of drug-likeness (QED) is 0.727. The summed E-state index contributed by atoms with van der Waals surface area (Å²) >= 11 is 0.923. The third-order valence-electron chi connectivity index (χ3n) is 4.73. The van der Waals surface area contributed by atoms with Gasteiger partial charge in [-0.1, -0.05) is 18.2 Å². The summed E-state index contributed by atoms with van der Waals surface area (Å²) in [5, 5.41) is 4.81. The van der Waals surface area contributed by atoms with Crippen LogP contribution in [0, 0.1) is 12.8 Å². The molecule has 1 aromatic carbocycles. The van der Waals surface area contributed by atoms with Gasteiger partial charge < -0.3 is 15.0 Å². The minimum atomic E-state index is -0.513. The van der Waals surface area contributed by atoms with Crippen LogP contribution in [0.4, 0.5) is 15.3 Å². The van der Waals surface area contributed by atoms with Crippen molar-refractivity contribution in [2.24, 2.45) is 5.92 Å². The second kappa shape index (κ2) is 8.49. The van der Waals surface area contributed by atoms with E-state index in [2.05, 4.69) is 15.5 Å². The largest absolute Gasteiger partial charge is 0.444 e. The Balaban J connectivity index is 1.69. The number of para-hydroxylation sites is 1. The van der Waals surface area contributed by atoms with Crippen LogP contribution in [0.1, 0.15) is 38.3 Å². The van der Waals surface area contributed by atoms with Gasteiger partial charge in [-0.15, -0.1) is 0 Å². The summed E-state index contributed by atoms with van der Waals surface area (Å²) in [6, 6.07) is 5.94. The molecule has 2 saturated heterocycles. The van der Waals surface area contributed by atoms with E-state index in [0.29, 0.717) is 17.4 Å². The van der Waals surface area contributed by atoms with Gasteiger partial charge in [0.15, 0.2) is 0 Å². The fraction of sp³-hybridized carbons (Fsp3) is 0.476. The molecule has 2 N–H and O–H groups in total. The summed E-state index contributed by atoms with van der Waals surface area (Å²) in [5.41, 5.74) is 2.57. The molecule has 2 aliphatic rings. The second-order valence-electron chi connectivity index (χ2n) is 8.35. The number of imide groups is 1. The number of ether oxygens (including phenoxy) is 1. The van der Waals surface area contributed by atoms with Crippen LogP contribution in [-0.4, -0.2) is 42.5 Å². The molecule has 0 bridgehead atoms. The zero-order valence-corrected chi connectivity index (χ0v) is 18.0. The molecule has 3 amide bonds. The van der Waals surface area contributed by atoms with E-state index in [0.717, 1.165) is 48.1 Å². The van der Waals surface area contributed by atoms with Gasteiger partial charge in [0.1, 0.15) is 5.60 Å². The van der Waals surface area contributed by atoms with Crippen molar-refractivity contribution in [3.63, 3.8) is 0 Å². The van der Waals surface area contributed by atoms with Crippen molar-refractivity contribution in [2.45, 2.75) is 39.7 Å². The minimum Gasteiger partial charge on any atom is -0.444 e. The highest BCUT2D eigenvalue weighted by Crippen LogP contribution is 2.34. The first kappa shape index (κ1) is 21.2. The standard InChI is InChI=1S/C21H27N3O4S/c1-13-6-5-7-15(10-16-18(25)23-20(27)29-16)17(13)24-9-8-14(12-24)11-22-19(26)28-21(2,3)4/h5-7,10,14H,8-9,11-12H2,1-4H3,(H,22,26)(H,23,25,27)/b16-10-/t14-/m1/s1. The molecule has 0 saturated carbocycles. The molecule has 0 unspecified atom stereocenters. The van der Waals surface area contributed by atoms with Gasteiger partial charge in [0.25, 0.3) is 11.1 Å². The van der Waals surface area contributed by atoms with E-state index in [1.807, 2.05) is 45.9 Å². The summed E-state index contributed by atoms with van der Waals surface area (Å²) in [4.78, 5) is 38.0. The summed E-state index contributed by atoms with van der Waals surface area (Å²) in [5.74, 6) is -0.0401. The second-order valence-corrected chi connectivity index (χ2v) is 9.36. The van der Waals surface area contributed by atoms with Crippen molar-refractivity contribution in [3.8, 4) is 0 Å². The van der Waals surface area contributed by atoms with Crippen molar-refractivity contribution in [2.75, 3.05) is 24.5 Å². The number of benzene rings is 1. The average molecular weight is 418 g/mol. The number of hydrogen-bond donors (Lipinski definition) is 2. The predicted molar refractivity (Wildman–Crippen MR) is 115 cm³/mol. The van der Waals surface area contributed by atoms with Crippen LogP contribution in [0.2, 0.25) is 0 Å². The maximum absolute atomic E-state index is 11.9. The van der Waals surface area contributed by atoms with Crippen LogP contribution in [0.5, 0.6) is 0 Å². The van der Waals surface area contributed by atoms with Crippen LogP contribution in [0.3, 0.4) is 0 Å². The van der Waals surface area contributed by atoms with E-state index >= 15 is 0 Å². The van der Waals surface area contributed by atoms with Gasteiger partial charge in [-0.2, -0.15) is 0 Å². The first-order valence-electron chi connectivity index (χ1n) is 9.68. The van der Waals surface area contributed by atoms with Gasteiger partial charge >= 0.3 is 6.09 Å². The Hall–Kier alpha value is -2.48. The van der Waals surface area contributed by atoms with E-state index in [9.17, 15) is 14.4 Å². The third-order valence-corrected chi connectivity index (χ3v) is 5.54. The zero-order valence-electron chi connectivity index (χ0n) is 17.2. The van der Waals surface area contributed by atoms with E-state index in [1.54, 1.807) is 6.08 Å². The highest BCUT2D eigenvalue weighted by Gasteiger charge is 2.28. The lowest BCUT2D eigenvalue weighted by Gasteiger charge is -2.24.